The van der Waals surface area contributed by atoms with Crippen molar-refractivity contribution in [3.05, 3.63) is 34.9 Å². The minimum atomic E-state index is -0.635. The predicted molar refractivity (Wildman–Crippen MR) is 76.1 cm³/mol. The average Bonchev–Trinajstić information content (AvgIpc) is 2.88. The van der Waals surface area contributed by atoms with Crippen LogP contribution in [0.2, 0.25) is 5.02 Å². The summed E-state index contributed by atoms with van der Waals surface area (Å²) in [5.41, 5.74) is 0.752. The Kier molecular flexibility index (Phi) is 2.69. The number of benzene rings is 1. The van der Waals surface area contributed by atoms with Crippen LogP contribution in [0.1, 0.15) is 30.7 Å². The molecule has 1 aromatic carbocycles. The number of hydrogen-bond donors (Lipinski definition) is 0. The molecule has 0 heterocycles. The Hall–Kier alpha value is -1.33. The van der Waals surface area contributed by atoms with Gasteiger partial charge in [0.05, 0.1) is 6.07 Å². The average molecular weight is 286 g/mol. The predicted octanol–water partition coefficient (Wildman–Crippen LogP) is 3.81. The molecule has 3 saturated carbocycles. The van der Waals surface area contributed by atoms with Crippen LogP contribution >= 0.6 is 11.6 Å². The summed E-state index contributed by atoms with van der Waals surface area (Å²) in [6, 6.07) is 9.37. The van der Waals surface area contributed by atoms with Gasteiger partial charge < -0.3 is 0 Å². The number of nitrogens with zero attached hydrogens (tertiary/aromatic N) is 1. The van der Waals surface area contributed by atoms with Gasteiger partial charge in [-0.2, -0.15) is 5.26 Å². The molecule has 0 aromatic heterocycles. The Balaban J connectivity index is 1.58. The number of nitriles is 1. The summed E-state index contributed by atoms with van der Waals surface area (Å²) < 4.78 is 0. The van der Waals surface area contributed by atoms with E-state index in [4.69, 9.17) is 11.6 Å². The van der Waals surface area contributed by atoms with Crippen molar-refractivity contribution < 1.29 is 4.79 Å². The van der Waals surface area contributed by atoms with Crippen LogP contribution in [0.3, 0.4) is 0 Å². The van der Waals surface area contributed by atoms with Gasteiger partial charge in [-0.25, -0.2) is 0 Å². The van der Waals surface area contributed by atoms with Crippen LogP contribution in [0, 0.1) is 40.9 Å². The Bertz CT molecular complexity index is 604. The number of hydrogen-bond acceptors (Lipinski definition) is 2. The maximum absolute atomic E-state index is 12.7. The lowest BCUT2D eigenvalue weighted by Gasteiger charge is -2.12. The van der Waals surface area contributed by atoms with Gasteiger partial charge in [-0.3, -0.25) is 4.79 Å². The normalized spacial score (nSPS) is 38.1. The van der Waals surface area contributed by atoms with Crippen LogP contribution in [0.15, 0.2) is 24.3 Å². The van der Waals surface area contributed by atoms with E-state index in [0.717, 1.165) is 17.4 Å². The Morgan fingerprint density at radius 3 is 2.60 bits per heavy atom. The van der Waals surface area contributed by atoms with E-state index in [9.17, 15) is 10.1 Å². The van der Waals surface area contributed by atoms with Gasteiger partial charge in [0.25, 0.3) is 0 Å². The van der Waals surface area contributed by atoms with E-state index in [0.29, 0.717) is 16.9 Å². The summed E-state index contributed by atoms with van der Waals surface area (Å²) >= 11 is 5.98. The molecule has 4 rings (SSSR count). The standard InChI is InChI=1S/C17H16ClNO/c18-12-3-1-2-9(7-12)13(8-19)17(20)16-14-10-4-5-11(6-10)15(14)16/h1-3,7,10-11,13-16H,4-6H2. The second-order valence-electron chi connectivity index (χ2n) is 6.53. The highest BCUT2D eigenvalue weighted by Gasteiger charge is 2.67. The molecule has 102 valence electrons. The van der Waals surface area contributed by atoms with Crippen molar-refractivity contribution in [2.24, 2.45) is 29.6 Å². The topological polar surface area (TPSA) is 40.9 Å². The van der Waals surface area contributed by atoms with E-state index in [1.165, 1.54) is 19.3 Å². The molecule has 1 aromatic rings. The molecule has 3 aliphatic rings. The molecular weight excluding hydrogens is 270 g/mol. The van der Waals surface area contributed by atoms with Crippen LogP contribution in [-0.4, -0.2) is 5.78 Å². The Labute approximate surface area is 123 Å². The molecule has 20 heavy (non-hydrogen) atoms. The molecule has 0 radical (unpaired) electrons. The van der Waals surface area contributed by atoms with E-state index < -0.39 is 5.92 Å². The first-order chi connectivity index (χ1) is 9.70. The van der Waals surface area contributed by atoms with E-state index in [1.807, 2.05) is 12.1 Å². The van der Waals surface area contributed by atoms with Crippen molar-refractivity contribution in [1.29, 1.82) is 5.26 Å². The first kappa shape index (κ1) is 12.4. The minimum Gasteiger partial charge on any atom is -0.298 e. The van der Waals surface area contributed by atoms with Gasteiger partial charge in [0.1, 0.15) is 5.92 Å². The molecule has 3 heteroatoms. The third kappa shape index (κ3) is 1.66. The molecule has 2 nitrogen and oxygen atoms in total. The maximum Gasteiger partial charge on any atom is 0.158 e. The number of ketones is 1. The highest BCUT2D eigenvalue weighted by Crippen LogP contribution is 2.70. The smallest absolute Gasteiger partial charge is 0.158 e. The van der Waals surface area contributed by atoms with Crippen LogP contribution in [0.25, 0.3) is 0 Å². The largest absolute Gasteiger partial charge is 0.298 e. The lowest BCUT2D eigenvalue weighted by atomic mass is 9.89. The molecule has 0 amide bonds. The minimum absolute atomic E-state index is 0.140. The fourth-order valence-electron chi connectivity index (χ4n) is 4.89. The van der Waals surface area contributed by atoms with Crippen LogP contribution in [0.4, 0.5) is 0 Å². The fraction of sp³-hybridized carbons (Fsp3) is 0.529. The van der Waals surface area contributed by atoms with E-state index in [2.05, 4.69) is 6.07 Å². The first-order valence-corrected chi connectivity index (χ1v) is 7.77. The fourth-order valence-corrected chi connectivity index (χ4v) is 5.09. The second-order valence-corrected chi connectivity index (χ2v) is 6.97. The Morgan fingerprint density at radius 1 is 1.30 bits per heavy atom. The van der Waals surface area contributed by atoms with E-state index >= 15 is 0 Å². The SMILES string of the molecule is N#CC(C(=O)C1C2C3CCC(C3)C12)c1cccc(Cl)c1. The first-order valence-electron chi connectivity index (χ1n) is 7.39. The molecule has 5 unspecified atom stereocenters. The molecule has 3 fully saturated rings. The van der Waals surface area contributed by atoms with Crippen molar-refractivity contribution in [3.8, 4) is 6.07 Å². The molecule has 0 N–H and O–H groups in total. The van der Waals surface area contributed by atoms with Gasteiger partial charge in [0, 0.05) is 10.9 Å². The van der Waals surface area contributed by atoms with Crippen molar-refractivity contribution in [1.82, 2.24) is 0 Å². The lowest BCUT2D eigenvalue weighted by Crippen LogP contribution is -2.17. The van der Waals surface area contributed by atoms with Crippen molar-refractivity contribution >= 4 is 17.4 Å². The van der Waals surface area contributed by atoms with Crippen LogP contribution < -0.4 is 0 Å². The van der Waals surface area contributed by atoms with E-state index in [1.54, 1.807) is 12.1 Å². The van der Waals surface area contributed by atoms with E-state index in [-0.39, 0.29) is 11.7 Å². The number of carbonyl (C=O) groups excluding carboxylic acids is 1. The summed E-state index contributed by atoms with van der Waals surface area (Å²) in [4.78, 5) is 12.7. The van der Waals surface area contributed by atoms with Gasteiger partial charge in [-0.05, 0) is 60.6 Å². The summed E-state index contributed by atoms with van der Waals surface area (Å²) in [7, 11) is 0. The number of carbonyl (C=O) groups is 1. The second kappa shape index (κ2) is 4.33. The third-order valence-electron chi connectivity index (χ3n) is 5.66. The van der Waals surface area contributed by atoms with Gasteiger partial charge in [0.15, 0.2) is 5.78 Å². The lowest BCUT2D eigenvalue weighted by molar-refractivity contribution is -0.121. The molecular formula is C17H16ClNO. The third-order valence-corrected chi connectivity index (χ3v) is 5.89. The Morgan fingerprint density at radius 2 is 2.00 bits per heavy atom. The zero-order valence-electron chi connectivity index (χ0n) is 11.1. The summed E-state index contributed by atoms with van der Waals surface area (Å²) in [6.45, 7) is 0. The molecule has 3 aliphatic carbocycles. The number of fused-ring (bicyclic) bond motifs is 5. The van der Waals surface area contributed by atoms with Crippen molar-refractivity contribution in [3.63, 3.8) is 0 Å². The van der Waals surface area contributed by atoms with Crippen LogP contribution in [-0.2, 0) is 4.79 Å². The zero-order valence-corrected chi connectivity index (χ0v) is 11.9. The highest BCUT2D eigenvalue weighted by atomic mass is 35.5. The van der Waals surface area contributed by atoms with Crippen LogP contribution in [0.5, 0.6) is 0 Å². The summed E-state index contributed by atoms with van der Waals surface area (Å²) in [6.07, 6.45) is 3.92. The molecule has 2 bridgehead atoms. The maximum atomic E-state index is 12.7. The van der Waals surface area contributed by atoms with Gasteiger partial charge in [0.2, 0.25) is 0 Å². The molecule has 0 saturated heterocycles. The van der Waals surface area contributed by atoms with Crippen molar-refractivity contribution in [2.75, 3.05) is 0 Å². The number of rotatable bonds is 3. The molecule has 5 atom stereocenters. The number of Topliss-reactive ketones (excluding diaryl/α,β-unsaturated/α-hetero) is 1. The molecule has 0 spiro atoms. The van der Waals surface area contributed by atoms with Crippen molar-refractivity contribution in [2.45, 2.75) is 25.2 Å². The number of halogens is 1. The monoisotopic (exact) mass is 285 g/mol. The summed E-state index contributed by atoms with van der Waals surface area (Å²) in [5.74, 6) is 2.37. The van der Waals surface area contributed by atoms with Gasteiger partial charge >= 0.3 is 0 Å². The quantitative estimate of drug-likeness (QED) is 0.847. The van der Waals surface area contributed by atoms with Gasteiger partial charge in [-0.1, -0.05) is 23.7 Å². The summed E-state index contributed by atoms with van der Waals surface area (Å²) in [5, 5.41) is 10.0. The molecule has 0 aliphatic heterocycles. The zero-order chi connectivity index (χ0) is 13.9. The highest BCUT2D eigenvalue weighted by molar-refractivity contribution is 6.30. The van der Waals surface area contributed by atoms with Gasteiger partial charge in [-0.15, -0.1) is 0 Å².